The molecule has 0 aliphatic rings. The first kappa shape index (κ1) is 11.7. The predicted octanol–water partition coefficient (Wildman–Crippen LogP) is 2.57. The van der Waals surface area contributed by atoms with Crippen molar-refractivity contribution < 1.29 is 18.3 Å². The van der Waals surface area contributed by atoms with Crippen LogP contribution in [0.4, 0.5) is 13.2 Å². The molecule has 0 unspecified atom stereocenters. The second-order valence-corrected chi connectivity index (χ2v) is 4.13. The van der Waals surface area contributed by atoms with E-state index in [0.717, 1.165) is 12.3 Å². The molecule has 0 aliphatic heterocycles. The average molecular weight is 317 g/mol. The molecule has 1 aromatic heterocycles. The van der Waals surface area contributed by atoms with E-state index in [4.69, 9.17) is 5.11 Å². The van der Waals surface area contributed by atoms with Gasteiger partial charge in [0.25, 0.3) is 0 Å². The first-order valence-corrected chi connectivity index (χ1v) is 4.98. The number of aliphatic hydroxyl groups excluding tert-OH is 1. The van der Waals surface area contributed by atoms with Gasteiger partial charge in [-0.15, -0.1) is 0 Å². The average Bonchev–Trinajstić information content (AvgIpc) is 2.15. The van der Waals surface area contributed by atoms with Crippen LogP contribution in [0.15, 0.2) is 18.3 Å². The summed E-state index contributed by atoms with van der Waals surface area (Å²) in [6.07, 6.45) is -3.27. The zero-order valence-corrected chi connectivity index (χ0v) is 9.08. The summed E-state index contributed by atoms with van der Waals surface area (Å²) in [5.41, 5.74) is -0.330. The summed E-state index contributed by atoms with van der Waals surface area (Å²) in [6.45, 7) is -0.117. The van der Waals surface area contributed by atoms with Gasteiger partial charge in [-0.3, -0.25) is 4.98 Å². The van der Waals surface area contributed by atoms with Crippen molar-refractivity contribution in [2.45, 2.75) is 10.1 Å². The molecule has 0 saturated carbocycles. The first-order chi connectivity index (χ1) is 6.45. The van der Waals surface area contributed by atoms with Gasteiger partial charge in [0.05, 0.1) is 10.5 Å². The molecule has 6 heteroatoms. The summed E-state index contributed by atoms with van der Waals surface area (Å²) in [4.78, 5) is 3.28. The zero-order valence-electron chi connectivity index (χ0n) is 6.92. The minimum atomic E-state index is -4.40. The standard InChI is InChI=1S/C8H7F3INO/c9-8(10,11)7-2-1-5(3-13-7)6(12)4-14/h1-3,6,14H,4H2/t6-/m1/s1. The number of halogens is 4. The van der Waals surface area contributed by atoms with Crippen molar-refractivity contribution in [2.75, 3.05) is 6.61 Å². The van der Waals surface area contributed by atoms with Gasteiger partial charge in [0.2, 0.25) is 0 Å². The Morgan fingerprint density at radius 1 is 1.43 bits per heavy atom. The number of aliphatic hydroxyl groups is 1. The van der Waals surface area contributed by atoms with Crippen molar-refractivity contribution in [3.05, 3.63) is 29.6 Å². The van der Waals surface area contributed by atoms with Gasteiger partial charge in [-0.05, 0) is 11.6 Å². The summed E-state index contributed by atoms with van der Waals surface area (Å²) in [6, 6.07) is 2.24. The number of nitrogens with zero attached hydrogens (tertiary/aromatic N) is 1. The molecular weight excluding hydrogens is 310 g/mol. The van der Waals surface area contributed by atoms with Crippen LogP contribution in [-0.2, 0) is 6.18 Å². The Labute approximate surface area is 92.3 Å². The third-order valence-electron chi connectivity index (χ3n) is 1.60. The molecule has 0 radical (unpaired) electrons. The minimum Gasteiger partial charge on any atom is -0.395 e. The maximum Gasteiger partial charge on any atom is 0.433 e. The molecule has 0 aliphatic carbocycles. The highest BCUT2D eigenvalue weighted by Gasteiger charge is 2.32. The largest absolute Gasteiger partial charge is 0.433 e. The molecule has 0 aromatic carbocycles. The molecule has 0 saturated heterocycles. The second kappa shape index (κ2) is 4.43. The van der Waals surface area contributed by atoms with Crippen LogP contribution in [0.1, 0.15) is 15.2 Å². The maximum absolute atomic E-state index is 12.1. The minimum absolute atomic E-state index is 0.117. The number of alkyl halides is 4. The lowest BCUT2D eigenvalue weighted by atomic mass is 10.2. The van der Waals surface area contributed by atoms with Crippen LogP contribution in [0, 0.1) is 0 Å². The van der Waals surface area contributed by atoms with Crippen molar-refractivity contribution in [3.63, 3.8) is 0 Å². The topological polar surface area (TPSA) is 33.1 Å². The van der Waals surface area contributed by atoms with Gasteiger partial charge in [0, 0.05) is 6.20 Å². The van der Waals surface area contributed by atoms with Crippen molar-refractivity contribution in [3.8, 4) is 0 Å². The number of pyridine rings is 1. The van der Waals surface area contributed by atoms with Crippen molar-refractivity contribution in [1.29, 1.82) is 0 Å². The Hall–Kier alpha value is -0.370. The van der Waals surface area contributed by atoms with Gasteiger partial charge in [-0.1, -0.05) is 28.7 Å². The second-order valence-electron chi connectivity index (χ2n) is 2.62. The van der Waals surface area contributed by atoms with Gasteiger partial charge in [-0.2, -0.15) is 13.2 Å². The summed E-state index contributed by atoms with van der Waals surface area (Å²) in [7, 11) is 0. The highest BCUT2D eigenvalue weighted by molar-refractivity contribution is 14.1. The third-order valence-corrected chi connectivity index (χ3v) is 2.71. The van der Waals surface area contributed by atoms with E-state index in [0.29, 0.717) is 5.56 Å². The Morgan fingerprint density at radius 3 is 2.43 bits per heavy atom. The molecular formula is C8H7F3INO. The van der Waals surface area contributed by atoms with Crippen LogP contribution in [0.3, 0.4) is 0 Å². The summed E-state index contributed by atoms with van der Waals surface area (Å²) >= 11 is 1.93. The number of aromatic nitrogens is 1. The molecule has 0 bridgehead atoms. The molecule has 14 heavy (non-hydrogen) atoms. The lowest BCUT2D eigenvalue weighted by Crippen LogP contribution is -2.08. The molecule has 0 amide bonds. The summed E-state index contributed by atoms with van der Waals surface area (Å²) in [5, 5.41) is 8.76. The van der Waals surface area contributed by atoms with Crippen LogP contribution in [-0.4, -0.2) is 16.7 Å². The monoisotopic (exact) mass is 317 g/mol. The van der Waals surface area contributed by atoms with E-state index in [1.54, 1.807) is 0 Å². The molecule has 78 valence electrons. The van der Waals surface area contributed by atoms with E-state index < -0.39 is 11.9 Å². The maximum atomic E-state index is 12.1. The highest BCUT2D eigenvalue weighted by atomic mass is 127. The van der Waals surface area contributed by atoms with Crippen LogP contribution in [0.5, 0.6) is 0 Å². The van der Waals surface area contributed by atoms with Gasteiger partial charge in [0.1, 0.15) is 5.69 Å². The predicted molar refractivity (Wildman–Crippen MR) is 53.1 cm³/mol. The lowest BCUT2D eigenvalue weighted by Gasteiger charge is -2.08. The third kappa shape index (κ3) is 2.81. The van der Waals surface area contributed by atoms with E-state index in [1.807, 2.05) is 22.6 Å². The molecule has 2 nitrogen and oxygen atoms in total. The molecule has 0 fully saturated rings. The van der Waals surface area contributed by atoms with E-state index in [9.17, 15) is 13.2 Å². The van der Waals surface area contributed by atoms with Crippen LogP contribution < -0.4 is 0 Å². The van der Waals surface area contributed by atoms with Crippen LogP contribution >= 0.6 is 22.6 Å². The Balaban J connectivity index is 2.89. The van der Waals surface area contributed by atoms with E-state index in [1.165, 1.54) is 6.07 Å². The number of rotatable bonds is 2. The summed E-state index contributed by atoms with van der Waals surface area (Å²) < 4.78 is 36.0. The fourth-order valence-corrected chi connectivity index (χ4v) is 1.23. The van der Waals surface area contributed by atoms with Gasteiger partial charge in [0.15, 0.2) is 0 Å². The smallest absolute Gasteiger partial charge is 0.395 e. The normalized spacial score (nSPS) is 14.1. The quantitative estimate of drug-likeness (QED) is 0.672. The van der Waals surface area contributed by atoms with Gasteiger partial charge < -0.3 is 5.11 Å². The molecule has 1 N–H and O–H groups in total. The molecule has 1 aromatic rings. The molecule has 0 spiro atoms. The Morgan fingerprint density at radius 2 is 2.07 bits per heavy atom. The van der Waals surface area contributed by atoms with Crippen molar-refractivity contribution >= 4 is 22.6 Å². The Bertz CT molecular complexity index is 298. The number of hydrogen-bond acceptors (Lipinski definition) is 2. The highest BCUT2D eigenvalue weighted by Crippen LogP contribution is 2.29. The Kier molecular flexibility index (Phi) is 3.71. The fraction of sp³-hybridized carbons (Fsp3) is 0.375. The summed E-state index contributed by atoms with van der Waals surface area (Å²) in [5.74, 6) is 0. The molecule has 1 heterocycles. The zero-order chi connectivity index (χ0) is 10.8. The van der Waals surface area contributed by atoms with E-state index in [2.05, 4.69) is 4.98 Å². The van der Waals surface area contributed by atoms with E-state index >= 15 is 0 Å². The van der Waals surface area contributed by atoms with Crippen molar-refractivity contribution in [1.82, 2.24) is 4.98 Å². The van der Waals surface area contributed by atoms with Crippen LogP contribution in [0.25, 0.3) is 0 Å². The van der Waals surface area contributed by atoms with Gasteiger partial charge >= 0.3 is 6.18 Å². The number of hydrogen-bond donors (Lipinski definition) is 1. The molecule has 1 atom stereocenters. The van der Waals surface area contributed by atoms with Crippen molar-refractivity contribution in [2.24, 2.45) is 0 Å². The van der Waals surface area contributed by atoms with Gasteiger partial charge in [-0.25, -0.2) is 0 Å². The SMILES string of the molecule is OC[C@@H](I)c1ccc(C(F)(F)F)nc1. The lowest BCUT2D eigenvalue weighted by molar-refractivity contribution is -0.141. The fourth-order valence-electron chi connectivity index (χ4n) is 0.864. The molecule has 1 rings (SSSR count). The van der Waals surface area contributed by atoms with Crippen LogP contribution in [0.2, 0.25) is 0 Å². The first-order valence-electron chi connectivity index (χ1n) is 3.73. The van der Waals surface area contributed by atoms with E-state index in [-0.39, 0.29) is 10.5 Å².